The third kappa shape index (κ3) is 3.62. The Kier molecular flexibility index (Phi) is 5.95. The number of hydrogen-bond donors (Lipinski definition) is 1. The number of thiazole rings is 1. The summed E-state index contributed by atoms with van der Waals surface area (Å²) < 4.78 is 0. The van der Waals surface area contributed by atoms with Gasteiger partial charge in [0.2, 0.25) is 0 Å². The normalized spacial score (nSPS) is 12.4. The van der Waals surface area contributed by atoms with Crippen molar-refractivity contribution in [3.63, 3.8) is 0 Å². The number of nitrogens with zero attached hydrogens (tertiary/aromatic N) is 2. The predicted octanol–water partition coefficient (Wildman–Crippen LogP) is 2.98. The molecule has 1 aromatic heterocycles. The third-order valence-electron chi connectivity index (χ3n) is 2.92. The molecule has 0 radical (unpaired) electrons. The van der Waals surface area contributed by atoms with E-state index < -0.39 is 5.97 Å². The van der Waals surface area contributed by atoms with Gasteiger partial charge in [-0.1, -0.05) is 18.3 Å². The molecule has 0 saturated carbocycles. The highest BCUT2D eigenvalue weighted by Gasteiger charge is 2.20. The molecule has 0 aliphatic heterocycles. The summed E-state index contributed by atoms with van der Waals surface area (Å²) in [6, 6.07) is 0.370. The van der Waals surface area contributed by atoms with Crippen molar-refractivity contribution in [2.45, 2.75) is 32.7 Å². The van der Waals surface area contributed by atoms with E-state index in [-0.39, 0.29) is 0 Å². The lowest BCUT2D eigenvalue weighted by molar-refractivity contribution is 0.0701. The van der Waals surface area contributed by atoms with Crippen LogP contribution in [-0.2, 0) is 6.42 Å². The summed E-state index contributed by atoms with van der Waals surface area (Å²) in [5.74, 6) is 0.226. The molecule has 0 bridgehead atoms. The number of aryl methyl sites for hydroxylation is 1. The van der Waals surface area contributed by atoms with Gasteiger partial charge < -0.3 is 10.0 Å². The first kappa shape index (κ1) is 15.3. The standard InChI is InChI=1S/C12H20N2O2S2/c1-5-9-10(11(15)16)18-12(13-9)14(3)8(2)6-7-17-4/h8H,5-7H2,1-4H3,(H,15,16). The molecule has 1 atom stereocenters. The Balaban J connectivity index is 2.85. The molecule has 4 nitrogen and oxygen atoms in total. The maximum Gasteiger partial charge on any atom is 0.347 e. The molecule has 0 spiro atoms. The maximum atomic E-state index is 11.1. The van der Waals surface area contributed by atoms with Gasteiger partial charge in [0.05, 0.1) is 5.69 Å². The van der Waals surface area contributed by atoms with Crippen LogP contribution in [0, 0.1) is 0 Å². The van der Waals surface area contributed by atoms with Crippen molar-refractivity contribution >= 4 is 34.2 Å². The van der Waals surface area contributed by atoms with Crippen LogP contribution in [0.3, 0.4) is 0 Å². The van der Waals surface area contributed by atoms with E-state index in [1.165, 1.54) is 11.3 Å². The highest BCUT2D eigenvalue weighted by Crippen LogP contribution is 2.28. The van der Waals surface area contributed by atoms with Crippen molar-refractivity contribution < 1.29 is 9.90 Å². The molecule has 0 aromatic carbocycles. The molecule has 0 aliphatic carbocycles. The maximum absolute atomic E-state index is 11.1. The molecule has 1 unspecified atom stereocenters. The van der Waals surface area contributed by atoms with Crippen molar-refractivity contribution in [1.29, 1.82) is 0 Å². The molecule has 1 rings (SSSR count). The quantitative estimate of drug-likeness (QED) is 0.836. The first-order valence-corrected chi connectivity index (χ1v) is 8.17. The minimum absolute atomic E-state index is 0.370. The second-order valence-corrected chi connectivity index (χ2v) is 6.14. The number of carboxylic acid groups (broad SMARTS) is 1. The lowest BCUT2D eigenvalue weighted by atomic mass is 10.2. The SMILES string of the molecule is CCc1nc(N(C)C(C)CCSC)sc1C(=O)O. The van der Waals surface area contributed by atoms with Gasteiger partial charge in [0.15, 0.2) is 5.13 Å². The summed E-state index contributed by atoms with van der Waals surface area (Å²) in [6.45, 7) is 4.08. The number of anilines is 1. The van der Waals surface area contributed by atoms with Crippen LogP contribution in [0.25, 0.3) is 0 Å². The number of thioether (sulfide) groups is 1. The van der Waals surface area contributed by atoms with Crippen LogP contribution in [0.15, 0.2) is 0 Å². The summed E-state index contributed by atoms with van der Waals surface area (Å²) >= 11 is 3.09. The topological polar surface area (TPSA) is 53.4 Å². The van der Waals surface area contributed by atoms with Crippen LogP contribution in [0.2, 0.25) is 0 Å². The van der Waals surface area contributed by atoms with Gasteiger partial charge in [-0.3, -0.25) is 0 Å². The molecule has 6 heteroatoms. The minimum atomic E-state index is -0.874. The summed E-state index contributed by atoms with van der Waals surface area (Å²) in [7, 11) is 1.98. The first-order valence-electron chi connectivity index (χ1n) is 5.96. The second-order valence-electron chi connectivity index (χ2n) is 4.17. The predicted molar refractivity (Wildman–Crippen MR) is 79.3 cm³/mol. The van der Waals surface area contributed by atoms with E-state index in [0.29, 0.717) is 23.0 Å². The van der Waals surface area contributed by atoms with E-state index in [4.69, 9.17) is 5.11 Å². The Morgan fingerprint density at radius 2 is 2.28 bits per heavy atom. The number of hydrogen-bond acceptors (Lipinski definition) is 5. The zero-order valence-electron chi connectivity index (χ0n) is 11.3. The fourth-order valence-electron chi connectivity index (χ4n) is 1.57. The van der Waals surface area contributed by atoms with E-state index in [9.17, 15) is 4.79 Å². The third-order valence-corrected chi connectivity index (χ3v) is 4.74. The van der Waals surface area contributed by atoms with Crippen molar-refractivity contribution in [2.24, 2.45) is 0 Å². The van der Waals surface area contributed by atoms with Crippen LogP contribution in [-0.4, -0.2) is 41.2 Å². The van der Waals surface area contributed by atoms with Gasteiger partial charge in [-0.05, 0) is 31.8 Å². The average molecular weight is 288 g/mol. The van der Waals surface area contributed by atoms with Crippen molar-refractivity contribution in [2.75, 3.05) is 24.0 Å². The highest BCUT2D eigenvalue weighted by molar-refractivity contribution is 7.98. The van der Waals surface area contributed by atoms with Gasteiger partial charge in [-0.25, -0.2) is 9.78 Å². The first-order chi connectivity index (χ1) is 8.51. The largest absolute Gasteiger partial charge is 0.477 e. The molecular weight excluding hydrogens is 268 g/mol. The molecule has 0 aliphatic rings. The molecule has 0 amide bonds. The number of aromatic carboxylic acids is 1. The Labute approximate surface area is 116 Å². The van der Waals surface area contributed by atoms with Crippen LogP contribution in [0.4, 0.5) is 5.13 Å². The smallest absolute Gasteiger partial charge is 0.347 e. The lowest BCUT2D eigenvalue weighted by Gasteiger charge is -2.23. The molecule has 1 aromatic rings. The van der Waals surface area contributed by atoms with E-state index >= 15 is 0 Å². The van der Waals surface area contributed by atoms with E-state index in [0.717, 1.165) is 17.3 Å². The monoisotopic (exact) mass is 288 g/mol. The Morgan fingerprint density at radius 3 is 2.72 bits per heavy atom. The van der Waals surface area contributed by atoms with Crippen LogP contribution in [0.5, 0.6) is 0 Å². The second kappa shape index (κ2) is 6.99. The fourth-order valence-corrected chi connectivity index (χ4v) is 3.20. The molecule has 1 N–H and O–H groups in total. The number of carboxylic acids is 1. The van der Waals surface area contributed by atoms with E-state index in [1.54, 1.807) is 0 Å². The molecule has 102 valence electrons. The van der Waals surface area contributed by atoms with Crippen molar-refractivity contribution in [3.05, 3.63) is 10.6 Å². The van der Waals surface area contributed by atoms with Gasteiger partial charge in [-0.2, -0.15) is 11.8 Å². The highest BCUT2D eigenvalue weighted by atomic mass is 32.2. The number of rotatable bonds is 7. The Morgan fingerprint density at radius 1 is 1.61 bits per heavy atom. The molecule has 0 saturated heterocycles. The molecule has 18 heavy (non-hydrogen) atoms. The molecule has 1 heterocycles. The average Bonchev–Trinajstić information content (AvgIpc) is 2.79. The summed E-state index contributed by atoms with van der Waals surface area (Å²) in [4.78, 5) is 18.0. The Hall–Kier alpha value is -0.750. The zero-order chi connectivity index (χ0) is 13.7. The fraction of sp³-hybridized carbons (Fsp3) is 0.667. The summed E-state index contributed by atoms with van der Waals surface area (Å²) in [5.41, 5.74) is 0.686. The van der Waals surface area contributed by atoms with Crippen molar-refractivity contribution in [3.8, 4) is 0 Å². The van der Waals surface area contributed by atoms with Gasteiger partial charge in [0, 0.05) is 13.1 Å². The molecular formula is C12H20N2O2S2. The van der Waals surface area contributed by atoms with Crippen molar-refractivity contribution in [1.82, 2.24) is 4.98 Å². The van der Waals surface area contributed by atoms with Gasteiger partial charge in [0.1, 0.15) is 4.88 Å². The molecule has 0 fully saturated rings. The lowest BCUT2D eigenvalue weighted by Crippen LogP contribution is -2.29. The summed E-state index contributed by atoms with van der Waals surface area (Å²) in [5, 5.41) is 9.92. The van der Waals surface area contributed by atoms with E-state index in [1.807, 2.05) is 25.7 Å². The Bertz CT molecular complexity index is 407. The van der Waals surface area contributed by atoms with Crippen LogP contribution in [0.1, 0.15) is 35.6 Å². The van der Waals surface area contributed by atoms with Gasteiger partial charge in [0.25, 0.3) is 0 Å². The zero-order valence-corrected chi connectivity index (χ0v) is 12.9. The minimum Gasteiger partial charge on any atom is -0.477 e. The van der Waals surface area contributed by atoms with Crippen LogP contribution >= 0.6 is 23.1 Å². The summed E-state index contributed by atoms with van der Waals surface area (Å²) in [6.07, 6.45) is 3.82. The number of carbonyl (C=O) groups is 1. The van der Waals surface area contributed by atoms with Crippen LogP contribution < -0.4 is 4.90 Å². The van der Waals surface area contributed by atoms with Gasteiger partial charge >= 0.3 is 5.97 Å². The number of aromatic nitrogens is 1. The van der Waals surface area contributed by atoms with Gasteiger partial charge in [-0.15, -0.1) is 0 Å². The van der Waals surface area contributed by atoms with E-state index in [2.05, 4.69) is 23.1 Å².